The molecule has 2 N–H and O–H groups in total. The zero-order valence-electron chi connectivity index (χ0n) is 23.6. The van der Waals surface area contributed by atoms with Crippen molar-refractivity contribution in [3.05, 3.63) is 77.6 Å². The van der Waals surface area contributed by atoms with Crippen LogP contribution in [-0.2, 0) is 20.9 Å². The standard InChI is InChI=1S/C31H32FN5O4/c1-18(34-4)30(39)35-29-19(2)37(20(3)38)27-14-21(16-33)10-12-26(27)36(31(29)40)17-23-15-22(11-13-28(23)41-5)24-8-6-7-9-25(24)32/h6-15,18-19,29,34H,17H2,1-5H3,(H,35,39)/t18?,19-,29-/m0/s1. The van der Waals surface area contributed by atoms with E-state index in [0.717, 1.165) is 0 Å². The van der Waals surface area contributed by atoms with Gasteiger partial charge >= 0.3 is 0 Å². The summed E-state index contributed by atoms with van der Waals surface area (Å²) >= 11 is 0. The maximum absolute atomic E-state index is 14.7. The number of carbonyl (C=O) groups excluding carboxylic acids is 3. The highest BCUT2D eigenvalue weighted by molar-refractivity contribution is 6.08. The highest BCUT2D eigenvalue weighted by Gasteiger charge is 2.42. The minimum atomic E-state index is -1.11. The van der Waals surface area contributed by atoms with Gasteiger partial charge in [0.15, 0.2) is 0 Å². The zero-order valence-corrected chi connectivity index (χ0v) is 23.6. The van der Waals surface area contributed by atoms with E-state index in [4.69, 9.17) is 4.74 Å². The summed E-state index contributed by atoms with van der Waals surface area (Å²) in [6.07, 6.45) is 0. The van der Waals surface area contributed by atoms with Crippen molar-refractivity contribution in [1.82, 2.24) is 10.6 Å². The normalized spacial score (nSPS) is 17.2. The molecule has 3 atom stereocenters. The number of nitriles is 1. The van der Waals surface area contributed by atoms with Gasteiger partial charge in [0.25, 0.3) is 5.91 Å². The third-order valence-corrected chi connectivity index (χ3v) is 7.33. The molecule has 0 radical (unpaired) electrons. The van der Waals surface area contributed by atoms with E-state index in [1.807, 2.05) is 0 Å². The fourth-order valence-corrected chi connectivity index (χ4v) is 5.02. The van der Waals surface area contributed by atoms with Gasteiger partial charge in [-0.2, -0.15) is 5.26 Å². The number of amides is 3. The maximum Gasteiger partial charge on any atom is 0.252 e. The van der Waals surface area contributed by atoms with Crippen molar-refractivity contribution >= 4 is 29.1 Å². The number of ether oxygens (including phenoxy) is 1. The number of benzene rings is 3. The van der Waals surface area contributed by atoms with E-state index in [1.165, 1.54) is 29.9 Å². The molecule has 9 nitrogen and oxygen atoms in total. The molecule has 4 rings (SSSR count). The fraction of sp³-hybridized carbons (Fsp3) is 0.290. The van der Waals surface area contributed by atoms with E-state index in [9.17, 15) is 24.0 Å². The summed E-state index contributed by atoms with van der Waals surface area (Å²) in [4.78, 5) is 43.1. The first-order valence-corrected chi connectivity index (χ1v) is 13.2. The quantitative estimate of drug-likeness (QED) is 0.457. The van der Waals surface area contributed by atoms with Gasteiger partial charge in [-0.3, -0.25) is 14.4 Å². The van der Waals surface area contributed by atoms with Crippen LogP contribution in [-0.4, -0.2) is 50.0 Å². The molecule has 10 heteroatoms. The van der Waals surface area contributed by atoms with Gasteiger partial charge in [-0.15, -0.1) is 0 Å². The number of fused-ring (bicyclic) bond motifs is 1. The number of hydrogen-bond acceptors (Lipinski definition) is 6. The maximum atomic E-state index is 14.7. The Hall–Kier alpha value is -4.75. The summed E-state index contributed by atoms with van der Waals surface area (Å²) in [6, 6.07) is 15.9. The number of nitrogens with zero attached hydrogens (tertiary/aromatic N) is 3. The summed E-state index contributed by atoms with van der Waals surface area (Å²) in [7, 11) is 3.13. The van der Waals surface area contributed by atoms with Crippen molar-refractivity contribution in [2.75, 3.05) is 24.0 Å². The Balaban J connectivity index is 1.89. The molecule has 1 aliphatic heterocycles. The Morgan fingerprint density at radius 1 is 1.12 bits per heavy atom. The Bertz CT molecular complexity index is 1540. The highest BCUT2D eigenvalue weighted by atomic mass is 19.1. The fourth-order valence-electron chi connectivity index (χ4n) is 5.02. The van der Waals surface area contributed by atoms with Crippen LogP contribution in [0, 0.1) is 17.1 Å². The summed E-state index contributed by atoms with van der Waals surface area (Å²) in [5.41, 5.74) is 2.61. The number of likely N-dealkylation sites (N-methyl/N-ethyl adjacent to an activating group) is 1. The molecular formula is C31H32FN5O4. The number of carbonyl (C=O) groups is 3. The van der Waals surface area contributed by atoms with Crippen molar-refractivity contribution in [2.24, 2.45) is 0 Å². The first-order valence-electron chi connectivity index (χ1n) is 13.2. The molecule has 0 spiro atoms. The summed E-state index contributed by atoms with van der Waals surface area (Å²) < 4.78 is 20.3. The Morgan fingerprint density at radius 3 is 2.49 bits per heavy atom. The van der Waals surface area contributed by atoms with E-state index in [1.54, 1.807) is 75.5 Å². The number of hydrogen-bond donors (Lipinski definition) is 2. The number of methoxy groups -OCH3 is 1. The predicted octanol–water partition coefficient (Wildman–Crippen LogP) is 3.75. The lowest BCUT2D eigenvalue weighted by Gasteiger charge is -2.32. The van der Waals surface area contributed by atoms with Crippen LogP contribution in [0.1, 0.15) is 31.9 Å². The largest absolute Gasteiger partial charge is 0.496 e. The molecule has 0 bridgehead atoms. The van der Waals surface area contributed by atoms with E-state index in [2.05, 4.69) is 16.7 Å². The molecular weight excluding hydrogens is 525 g/mol. The molecule has 1 heterocycles. The van der Waals surface area contributed by atoms with Gasteiger partial charge in [0.1, 0.15) is 17.6 Å². The number of halogens is 1. The van der Waals surface area contributed by atoms with Crippen molar-refractivity contribution < 1.29 is 23.5 Å². The first-order chi connectivity index (χ1) is 19.6. The number of anilines is 2. The Kier molecular flexibility index (Phi) is 8.69. The van der Waals surface area contributed by atoms with Gasteiger partial charge in [-0.1, -0.05) is 24.3 Å². The van der Waals surface area contributed by atoms with Crippen LogP contribution < -0.4 is 25.2 Å². The van der Waals surface area contributed by atoms with Crippen LogP contribution in [0.4, 0.5) is 15.8 Å². The van der Waals surface area contributed by atoms with Crippen molar-refractivity contribution in [3.8, 4) is 22.9 Å². The van der Waals surface area contributed by atoms with E-state index < -0.39 is 35.8 Å². The van der Waals surface area contributed by atoms with Gasteiger partial charge in [0, 0.05) is 18.1 Å². The van der Waals surface area contributed by atoms with Crippen LogP contribution in [0.2, 0.25) is 0 Å². The van der Waals surface area contributed by atoms with Gasteiger partial charge in [0.2, 0.25) is 11.8 Å². The Morgan fingerprint density at radius 2 is 1.85 bits per heavy atom. The van der Waals surface area contributed by atoms with Crippen molar-refractivity contribution in [2.45, 2.75) is 45.4 Å². The summed E-state index contributed by atoms with van der Waals surface area (Å²) in [5.74, 6) is -1.15. The topological polar surface area (TPSA) is 115 Å². The third kappa shape index (κ3) is 5.76. The highest BCUT2D eigenvalue weighted by Crippen LogP contribution is 2.39. The van der Waals surface area contributed by atoms with Crippen LogP contribution in [0.3, 0.4) is 0 Å². The molecule has 3 aromatic carbocycles. The van der Waals surface area contributed by atoms with E-state index in [-0.39, 0.29) is 12.5 Å². The minimum absolute atomic E-state index is 0.0182. The second-order valence-electron chi connectivity index (χ2n) is 9.87. The van der Waals surface area contributed by atoms with Gasteiger partial charge in [0.05, 0.1) is 48.7 Å². The molecule has 41 heavy (non-hydrogen) atoms. The van der Waals surface area contributed by atoms with Crippen LogP contribution in [0.5, 0.6) is 5.75 Å². The summed E-state index contributed by atoms with van der Waals surface area (Å²) in [5, 5.41) is 15.3. The van der Waals surface area contributed by atoms with E-state index >= 15 is 0 Å². The van der Waals surface area contributed by atoms with Gasteiger partial charge in [-0.25, -0.2) is 4.39 Å². The second-order valence-corrected chi connectivity index (χ2v) is 9.87. The molecule has 0 aliphatic carbocycles. The molecule has 0 fully saturated rings. The Labute approximate surface area is 238 Å². The first kappa shape index (κ1) is 29.2. The lowest BCUT2D eigenvalue weighted by atomic mass is 10.0. The monoisotopic (exact) mass is 557 g/mol. The van der Waals surface area contributed by atoms with Gasteiger partial charge in [-0.05, 0) is 62.9 Å². The van der Waals surface area contributed by atoms with Gasteiger partial charge < -0.3 is 25.2 Å². The van der Waals surface area contributed by atoms with Crippen LogP contribution in [0.15, 0.2) is 60.7 Å². The lowest BCUT2D eigenvalue weighted by Crippen LogP contribution is -2.59. The molecule has 0 aromatic heterocycles. The molecule has 212 valence electrons. The van der Waals surface area contributed by atoms with Crippen LogP contribution in [0.25, 0.3) is 11.1 Å². The van der Waals surface area contributed by atoms with Crippen LogP contribution >= 0.6 is 0 Å². The summed E-state index contributed by atoms with van der Waals surface area (Å²) in [6.45, 7) is 4.69. The zero-order chi connectivity index (χ0) is 29.8. The average molecular weight is 558 g/mol. The van der Waals surface area contributed by atoms with Crippen molar-refractivity contribution in [3.63, 3.8) is 0 Å². The molecule has 1 unspecified atom stereocenters. The lowest BCUT2D eigenvalue weighted by molar-refractivity contribution is -0.129. The second kappa shape index (κ2) is 12.2. The number of nitrogens with one attached hydrogen (secondary N) is 2. The molecule has 3 amide bonds. The van der Waals surface area contributed by atoms with E-state index in [0.29, 0.717) is 39.4 Å². The molecule has 1 aliphatic rings. The van der Waals surface area contributed by atoms with Crippen molar-refractivity contribution in [1.29, 1.82) is 5.26 Å². The molecule has 0 saturated heterocycles. The molecule has 0 saturated carbocycles. The SMILES string of the molecule is CNC(C)C(=O)N[C@@H]1C(=O)N(Cc2cc(-c3ccccc3F)ccc2OC)c2ccc(C#N)cc2N(C(C)=O)[C@H]1C. The molecule has 3 aromatic rings. The predicted molar refractivity (Wildman–Crippen MR) is 154 cm³/mol. The minimum Gasteiger partial charge on any atom is -0.496 e. The smallest absolute Gasteiger partial charge is 0.252 e. The third-order valence-electron chi connectivity index (χ3n) is 7.33. The average Bonchev–Trinajstić information content (AvgIpc) is 3.05. The number of rotatable bonds is 7.